The van der Waals surface area contributed by atoms with Crippen LogP contribution in [0.5, 0.6) is 0 Å². The molecule has 0 aliphatic rings. The molecule has 0 aliphatic heterocycles. The second-order valence-corrected chi connectivity index (χ2v) is 10.7. The summed E-state index contributed by atoms with van der Waals surface area (Å²) in [7, 11) is 0. The molecule has 2 heterocycles. The summed E-state index contributed by atoms with van der Waals surface area (Å²) < 4.78 is 6.33. The number of rotatable bonds is 8. The Hall–Kier alpha value is -4.08. The maximum absolute atomic E-state index is 11.9. The highest BCUT2D eigenvalue weighted by atomic mass is 32.1. The van der Waals surface area contributed by atoms with E-state index in [0.717, 1.165) is 5.56 Å². The van der Waals surface area contributed by atoms with Crippen molar-refractivity contribution < 1.29 is 30.0 Å². The van der Waals surface area contributed by atoms with E-state index in [1.165, 1.54) is 34.2 Å². The molecule has 0 saturated carbocycles. The molecule has 210 valence electrons. The van der Waals surface area contributed by atoms with Gasteiger partial charge in [0, 0.05) is 22.1 Å². The Morgan fingerprint density at radius 2 is 1.65 bits per heavy atom. The van der Waals surface area contributed by atoms with Crippen LogP contribution in [-0.4, -0.2) is 53.0 Å². The number of carbonyl (C=O) groups is 1. The summed E-state index contributed by atoms with van der Waals surface area (Å²) in [6.45, 7) is 7.77. The number of azo groups is 1. The number of nitrogens with zero attached hydrogens (tertiary/aromatic N) is 6. The summed E-state index contributed by atoms with van der Waals surface area (Å²) in [5.41, 5.74) is 8.15. The number of aliphatic hydroxyl groups excluding tert-OH is 2. The second-order valence-electron chi connectivity index (χ2n) is 9.74. The van der Waals surface area contributed by atoms with Crippen molar-refractivity contribution in [1.29, 1.82) is 0 Å². The topological polar surface area (TPSA) is 202 Å². The van der Waals surface area contributed by atoms with Gasteiger partial charge in [0.05, 0.1) is 23.6 Å². The molecule has 0 radical (unpaired) electrons. The van der Waals surface area contributed by atoms with Crippen LogP contribution >= 0.6 is 11.3 Å². The Bertz CT molecular complexity index is 1510. The molecular formula is C26H29N7O6S. The van der Waals surface area contributed by atoms with Crippen molar-refractivity contribution in [2.75, 3.05) is 12.3 Å². The minimum absolute atomic E-state index is 0.0210. The molecule has 0 amide bonds. The Labute approximate surface area is 233 Å². The lowest BCUT2D eigenvalue weighted by atomic mass is 9.91. The summed E-state index contributed by atoms with van der Waals surface area (Å²) in [6, 6.07) is 10.8. The molecule has 0 aliphatic carbocycles. The number of ether oxygens (including phenoxy) is 1. The lowest BCUT2D eigenvalue weighted by molar-refractivity contribution is -0.0475. The number of aromatic nitrogens is 4. The highest BCUT2D eigenvalue weighted by Crippen LogP contribution is 2.39. The molecular weight excluding hydrogens is 538 g/mol. The van der Waals surface area contributed by atoms with Crippen LogP contribution in [0.25, 0.3) is 16.3 Å². The number of aliphatic hydroxyl groups is 4. The van der Waals surface area contributed by atoms with Crippen LogP contribution in [0.2, 0.25) is 0 Å². The van der Waals surface area contributed by atoms with Crippen molar-refractivity contribution in [3.63, 3.8) is 0 Å². The van der Waals surface area contributed by atoms with Gasteiger partial charge in [-0.05, 0) is 37.3 Å². The van der Waals surface area contributed by atoms with Gasteiger partial charge in [-0.15, -0.1) is 20.4 Å². The first-order chi connectivity index (χ1) is 18.9. The predicted octanol–water partition coefficient (Wildman–Crippen LogP) is 3.83. The van der Waals surface area contributed by atoms with Crippen LogP contribution in [0.15, 0.2) is 52.7 Å². The van der Waals surface area contributed by atoms with Gasteiger partial charge in [0.15, 0.2) is 24.1 Å². The molecule has 6 N–H and O–H groups in total. The van der Waals surface area contributed by atoms with Crippen LogP contribution in [0.1, 0.15) is 67.5 Å². The lowest BCUT2D eigenvalue weighted by Crippen LogP contribution is -2.13. The van der Waals surface area contributed by atoms with Crippen molar-refractivity contribution in [1.82, 2.24) is 20.0 Å². The third kappa shape index (κ3) is 6.21. The first-order valence-corrected chi connectivity index (χ1v) is 13.0. The number of carbonyl (C=O) groups excluding carboxylic acids is 1. The summed E-state index contributed by atoms with van der Waals surface area (Å²) in [5, 5.41) is 60.9. The number of nitrogen functional groups attached to an aromatic ring is 1. The molecule has 13 nitrogen and oxygen atoms in total. The first kappa shape index (κ1) is 28.9. The molecule has 0 saturated heterocycles. The predicted molar refractivity (Wildman–Crippen MR) is 147 cm³/mol. The van der Waals surface area contributed by atoms with Gasteiger partial charge in [-0.3, -0.25) is 0 Å². The number of hydrogen-bond donors (Lipinski definition) is 5. The Morgan fingerprint density at radius 1 is 1.02 bits per heavy atom. The van der Waals surface area contributed by atoms with Crippen LogP contribution in [-0.2, 0) is 10.2 Å². The van der Waals surface area contributed by atoms with E-state index >= 15 is 0 Å². The van der Waals surface area contributed by atoms with Crippen molar-refractivity contribution in [3.8, 4) is 16.3 Å². The van der Waals surface area contributed by atoms with E-state index in [0.29, 0.717) is 16.3 Å². The fraction of sp³-hybridized carbons (Fsp3) is 0.308. The third-order valence-corrected chi connectivity index (χ3v) is 6.56. The van der Waals surface area contributed by atoms with Gasteiger partial charge in [-0.2, -0.15) is 5.10 Å². The van der Waals surface area contributed by atoms with Gasteiger partial charge in [-0.1, -0.05) is 44.2 Å². The maximum atomic E-state index is 11.9. The molecule has 0 fully saturated rings. The Morgan fingerprint density at radius 3 is 2.20 bits per heavy atom. The molecule has 2 aromatic carbocycles. The highest BCUT2D eigenvalue weighted by molar-refractivity contribution is 7.18. The van der Waals surface area contributed by atoms with Crippen LogP contribution in [0.4, 0.5) is 16.6 Å². The van der Waals surface area contributed by atoms with Crippen molar-refractivity contribution >= 4 is 33.9 Å². The fourth-order valence-corrected chi connectivity index (χ4v) is 4.40. The zero-order chi connectivity index (χ0) is 29.2. The highest BCUT2D eigenvalue weighted by Gasteiger charge is 2.27. The lowest BCUT2D eigenvalue weighted by Gasteiger charge is -2.15. The molecule has 0 atom stereocenters. The summed E-state index contributed by atoms with van der Waals surface area (Å²) in [5.74, 6) is -0.312. The maximum Gasteiger partial charge on any atom is 0.338 e. The van der Waals surface area contributed by atoms with Crippen LogP contribution in [0, 0.1) is 0 Å². The van der Waals surface area contributed by atoms with E-state index in [1.807, 2.05) is 20.8 Å². The van der Waals surface area contributed by atoms with E-state index in [4.69, 9.17) is 10.5 Å². The van der Waals surface area contributed by atoms with Gasteiger partial charge >= 0.3 is 5.97 Å². The smallest absolute Gasteiger partial charge is 0.338 e. The largest absolute Gasteiger partial charge is 0.462 e. The van der Waals surface area contributed by atoms with E-state index < -0.39 is 24.0 Å². The summed E-state index contributed by atoms with van der Waals surface area (Å²) in [6.07, 6.45) is -3.72. The fourth-order valence-electron chi connectivity index (χ4n) is 3.73. The SMILES string of the molecule is CCOC(=O)c1ccc(-c2nnc(N=Nc3c(C(C)(C)C)nn(-c4cc(C(O)O)cc(C(O)O)c4)c3N)s2)cc1. The van der Waals surface area contributed by atoms with E-state index in [-0.39, 0.29) is 40.1 Å². The number of benzene rings is 2. The van der Waals surface area contributed by atoms with Gasteiger partial charge in [0.2, 0.25) is 0 Å². The number of hydrogen-bond acceptors (Lipinski definition) is 13. The number of esters is 1. The van der Waals surface area contributed by atoms with Crippen molar-refractivity contribution in [2.24, 2.45) is 10.2 Å². The molecule has 0 bridgehead atoms. The van der Waals surface area contributed by atoms with Gasteiger partial charge in [0.25, 0.3) is 5.13 Å². The van der Waals surface area contributed by atoms with Crippen molar-refractivity contribution in [3.05, 3.63) is 64.8 Å². The standard InChI is InChI=1S/C26H29N7O6S/c1-5-39-24(38)14-8-6-13(7-9-14)21-29-31-25(40-21)30-28-18-19(26(2,3)4)32-33(20(18)27)17-11-15(22(34)35)10-16(12-17)23(36)37/h6-12,22-23,34-37H,5,27H2,1-4H3. The molecule has 14 heteroatoms. The zero-order valence-corrected chi connectivity index (χ0v) is 23.0. The van der Waals surface area contributed by atoms with E-state index in [9.17, 15) is 25.2 Å². The molecule has 40 heavy (non-hydrogen) atoms. The van der Waals surface area contributed by atoms with Crippen molar-refractivity contribution in [2.45, 2.75) is 45.7 Å². The van der Waals surface area contributed by atoms with E-state index in [1.54, 1.807) is 31.2 Å². The number of nitrogens with two attached hydrogens (primary N) is 1. The Balaban J connectivity index is 1.68. The quantitative estimate of drug-likeness (QED) is 0.118. The van der Waals surface area contributed by atoms with Gasteiger partial charge < -0.3 is 30.9 Å². The summed E-state index contributed by atoms with van der Waals surface area (Å²) >= 11 is 1.18. The Kier molecular flexibility index (Phi) is 8.37. The zero-order valence-electron chi connectivity index (χ0n) is 22.2. The second kappa shape index (κ2) is 11.6. The monoisotopic (exact) mass is 567 g/mol. The average molecular weight is 568 g/mol. The molecule has 4 aromatic rings. The average Bonchev–Trinajstić information content (AvgIpc) is 3.51. The van der Waals surface area contributed by atoms with Crippen LogP contribution in [0.3, 0.4) is 0 Å². The molecule has 0 unspecified atom stereocenters. The minimum atomic E-state index is -1.86. The minimum Gasteiger partial charge on any atom is -0.462 e. The molecule has 2 aromatic heterocycles. The van der Waals surface area contributed by atoms with Crippen LogP contribution < -0.4 is 5.73 Å². The van der Waals surface area contributed by atoms with Gasteiger partial charge in [-0.25, -0.2) is 9.48 Å². The first-order valence-electron chi connectivity index (χ1n) is 12.2. The normalized spacial score (nSPS) is 12.2. The van der Waals surface area contributed by atoms with Gasteiger partial charge in [0.1, 0.15) is 5.01 Å². The molecule has 0 spiro atoms. The summed E-state index contributed by atoms with van der Waals surface area (Å²) in [4.78, 5) is 11.9. The third-order valence-electron chi connectivity index (χ3n) is 5.70. The molecule has 4 rings (SSSR count). The van der Waals surface area contributed by atoms with E-state index in [2.05, 4.69) is 25.5 Å². The number of anilines is 1.